The molecule has 7 nitrogen and oxygen atoms in total. The van der Waals surface area contributed by atoms with Gasteiger partial charge in [-0.25, -0.2) is 0 Å². The number of carbonyl (C=O) groups is 2. The third-order valence-corrected chi connectivity index (χ3v) is 4.26. The van der Waals surface area contributed by atoms with Crippen molar-refractivity contribution in [3.63, 3.8) is 0 Å². The zero-order valence-electron chi connectivity index (χ0n) is 13.1. The molecule has 0 saturated carbocycles. The fourth-order valence-corrected chi connectivity index (χ4v) is 2.88. The minimum absolute atomic E-state index is 0.0786. The highest BCUT2D eigenvalue weighted by Gasteiger charge is 2.24. The number of hydrogen-bond acceptors (Lipinski definition) is 4. The summed E-state index contributed by atoms with van der Waals surface area (Å²) in [4.78, 5) is 26.1. The fourth-order valence-electron chi connectivity index (χ4n) is 2.88. The molecule has 1 aliphatic heterocycles. The maximum absolute atomic E-state index is 12.2. The Morgan fingerprint density at radius 3 is 3.00 bits per heavy atom. The number of nitrogens with one attached hydrogen (secondary N) is 3. The van der Waals surface area contributed by atoms with E-state index in [1.807, 2.05) is 36.2 Å². The molecule has 7 heteroatoms. The summed E-state index contributed by atoms with van der Waals surface area (Å²) in [6.07, 6.45) is 1.29. The fraction of sp³-hybridized carbons (Fsp3) is 0.438. The number of H-pyrrole nitrogens is 1. The van der Waals surface area contributed by atoms with E-state index >= 15 is 0 Å². The van der Waals surface area contributed by atoms with Gasteiger partial charge in [-0.15, -0.1) is 0 Å². The van der Waals surface area contributed by atoms with Crippen LogP contribution in [0.25, 0.3) is 10.9 Å². The van der Waals surface area contributed by atoms with Crippen LogP contribution in [-0.4, -0.2) is 59.6 Å². The van der Waals surface area contributed by atoms with Crippen molar-refractivity contribution >= 4 is 22.7 Å². The molecule has 1 aromatic carbocycles. The standard InChI is InChI=1S/C16H21N5O2/c1-17-11-7-9-21(10-11)14(22)6-8-18-16(23)15-12-4-2-3-5-13(12)19-20-15/h2-5,11,17H,6-10H2,1H3,(H,18,23)(H,19,20). The first-order valence-corrected chi connectivity index (χ1v) is 7.85. The molecule has 2 aromatic rings. The molecule has 0 radical (unpaired) electrons. The van der Waals surface area contributed by atoms with Gasteiger partial charge in [-0.1, -0.05) is 18.2 Å². The normalized spacial score (nSPS) is 17.6. The summed E-state index contributed by atoms with van der Waals surface area (Å²) in [5.74, 6) is -0.181. The number of nitrogens with zero attached hydrogens (tertiary/aromatic N) is 2. The van der Waals surface area contributed by atoms with Crippen molar-refractivity contribution in [2.75, 3.05) is 26.7 Å². The molecule has 1 aromatic heterocycles. The van der Waals surface area contributed by atoms with Gasteiger partial charge < -0.3 is 15.5 Å². The number of likely N-dealkylation sites (N-methyl/N-ethyl adjacent to an activating group) is 1. The van der Waals surface area contributed by atoms with Crippen LogP contribution in [0.2, 0.25) is 0 Å². The van der Waals surface area contributed by atoms with E-state index in [2.05, 4.69) is 20.8 Å². The largest absolute Gasteiger partial charge is 0.350 e. The summed E-state index contributed by atoms with van der Waals surface area (Å²) in [6, 6.07) is 7.85. The molecule has 2 amide bonds. The maximum atomic E-state index is 12.2. The van der Waals surface area contributed by atoms with Crippen molar-refractivity contribution in [1.82, 2.24) is 25.7 Å². The van der Waals surface area contributed by atoms with Crippen LogP contribution in [0.1, 0.15) is 23.3 Å². The lowest BCUT2D eigenvalue weighted by molar-refractivity contribution is -0.130. The van der Waals surface area contributed by atoms with Gasteiger partial charge in [-0.3, -0.25) is 14.7 Å². The number of fused-ring (bicyclic) bond motifs is 1. The summed E-state index contributed by atoms with van der Waals surface area (Å²) in [6.45, 7) is 1.84. The van der Waals surface area contributed by atoms with Gasteiger partial charge in [0.05, 0.1) is 5.52 Å². The predicted molar refractivity (Wildman–Crippen MR) is 87.1 cm³/mol. The van der Waals surface area contributed by atoms with Crippen LogP contribution in [0.3, 0.4) is 0 Å². The van der Waals surface area contributed by atoms with E-state index in [4.69, 9.17) is 0 Å². The second-order valence-electron chi connectivity index (χ2n) is 5.74. The van der Waals surface area contributed by atoms with Crippen molar-refractivity contribution < 1.29 is 9.59 Å². The number of rotatable bonds is 5. The van der Waals surface area contributed by atoms with Gasteiger partial charge in [-0.2, -0.15) is 5.10 Å². The van der Waals surface area contributed by atoms with Crippen LogP contribution < -0.4 is 10.6 Å². The second kappa shape index (κ2) is 6.78. The van der Waals surface area contributed by atoms with Crippen LogP contribution in [0.4, 0.5) is 0 Å². The van der Waals surface area contributed by atoms with Gasteiger partial charge in [0.25, 0.3) is 5.91 Å². The Labute approximate surface area is 134 Å². The third kappa shape index (κ3) is 3.34. The van der Waals surface area contributed by atoms with Gasteiger partial charge in [0.15, 0.2) is 5.69 Å². The van der Waals surface area contributed by atoms with Crippen LogP contribution in [-0.2, 0) is 4.79 Å². The average Bonchev–Trinajstić information content (AvgIpc) is 3.21. The van der Waals surface area contributed by atoms with Crippen LogP contribution in [0, 0.1) is 0 Å². The molecule has 3 rings (SSSR count). The Morgan fingerprint density at radius 2 is 2.22 bits per heavy atom. The molecule has 1 saturated heterocycles. The number of aromatic nitrogens is 2. The topological polar surface area (TPSA) is 90.1 Å². The molecule has 3 N–H and O–H groups in total. The lowest BCUT2D eigenvalue weighted by Crippen LogP contribution is -2.35. The molecule has 0 spiro atoms. The summed E-state index contributed by atoms with van der Waals surface area (Å²) in [5.41, 5.74) is 1.19. The van der Waals surface area contributed by atoms with E-state index in [0.717, 1.165) is 30.4 Å². The van der Waals surface area contributed by atoms with E-state index in [1.165, 1.54) is 0 Å². The van der Waals surface area contributed by atoms with E-state index in [0.29, 0.717) is 24.7 Å². The molecule has 1 aliphatic rings. The number of amides is 2. The number of aromatic amines is 1. The quantitative estimate of drug-likeness (QED) is 0.749. The molecule has 2 heterocycles. The summed E-state index contributed by atoms with van der Waals surface area (Å²) in [5, 5.41) is 13.6. The minimum atomic E-state index is -0.259. The average molecular weight is 315 g/mol. The first-order chi connectivity index (χ1) is 11.2. The summed E-state index contributed by atoms with van der Waals surface area (Å²) < 4.78 is 0. The van der Waals surface area contributed by atoms with E-state index in [9.17, 15) is 9.59 Å². The van der Waals surface area contributed by atoms with Crippen molar-refractivity contribution in [3.8, 4) is 0 Å². The Balaban J connectivity index is 1.51. The highest BCUT2D eigenvalue weighted by molar-refractivity contribution is 6.04. The Kier molecular flexibility index (Phi) is 4.57. The third-order valence-electron chi connectivity index (χ3n) is 4.26. The molecule has 122 valence electrons. The predicted octanol–water partition coefficient (Wildman–Crippen LogP) is 0.503. The van der Waals surface area contributed by atoms with E-state index in [1.54, 1.807) is 0 Å². The highest BCUT2D eigenvalue weighted by atomic mass is 16.2. The van der Waals surface area contributed by atoms with Crippen LogP contribution >= 0.6 is 0 Å². The number of carbonyl (C=O) groups excluding carboxylic acids is 2. The zero-order chi connectivity index (χ0) is 16.2. The second-order valence-corrected chi connectivity index (χ2v) is 5.74. The van der Waals surface area contributed by atoms with Crippen molar-refractivity contribution in [2.45, 2.75) is 18.9 Å². The Morgan fingerprint density at radius 1 is 1.39 bits per heavy atom. The minimum Gasteiger partial charge on any atom is -0.350 e. The summed E-state index contributed by atoms with van der Waals surface area (Å²) in [7, 11) is 1.91. The molecule has 0 aliphatic carbocycles. The number of benzene rings is 1. The summed E-state index contributed by atoms with van der Waals surface area (Å²) >= 11 is 0. The lowest BCUT2D eigenvalue weighted by Gasteiger charge is -2.16. The Hall–Kier alpha value is -2.41. The lowest BCUT2D eigenvalue weighted by atomic mass is 10.2. The van der Waals surface area contributed by atoms with Gasteiger partial charge in [0.2, 0.25) is 5.91 Å². The van der Waals surface area contributed by atoms with E-state index < -0.39 is 0 Å². The molecule has 0 bridgehead atoms. The first-order valence-electron chi connectivity index (χ1n) is 7.85. The molecule has 1 unspecified atom stereocenters. The highest BCUT2D eigenvalue weighted by Crippen LogP contribution is 2.15. The molecule has 23 heavy (non-hydrogen) atoms. The smallest absolute Gasteiger partial charge is 0.272 e. The van der Waals surface area contributed by atoms with Crippen LogP contribution in [0.5, 0.6) is 0 Å². The number of hydrogen-bond donors (Lipinski definition) is 3. The van der Waals surface area contributed by atoms with Crippen molar-refractivity contribution in [1.29, 1.82) is 0 Å². The zero-order valence-corrected chi connectivity index (χ0v) is 13.1. The maximum Gasteiger partial charge on any atom is 0.272 e. The number of para-hydroxylation sites is 1. The van der Waals surface area contributed by atoms with Gasteiger partial charge >= 0.3 is 0 Å². The molecule has 1 atom stereocenters. The van der Waals surface area contributed by atoms with Crippen molar-refractivity contribution in [2.24, 2.45) is 0 Å². The SMILES string of the molecule is CNC1CCN(C(=O)CCNC(=O)c2n[nH]c3ccccc23)C1. The number of likely N-dealkylation sites (tertiary alicyclic amines) is 1. The van der Waals surface area contributed by atoms with E-state index in [-0.39, 0.29) is 11.8 Å². The van der Waals surface area contributed by atoms with Crippen LogP contribution in [0.15, 0.2) is 24.3 Å². The van der Waals surface area contributed by atoms with Gasteiger partial charge in [0, 0.05) is 37.5 Å². The monoisotopic (exact) mass is 315 g/mol. The van der Waals surface area contributed by atoms with Crippen molar-refractivity contribution in [3.05, 3.63) is 30.0 Å². The van der Waals surface area contributed by atoms with Gasteiger partial charge in [0.1, 0.15) is 0 Å². The molecular formula is C16H21N5O2. The first kappa shape index (κ1) is 15.5. The molecular weight excluding hydrogens is 294 g/mol. The van der Waals surface area contributed by atoms with Gasteiger partial charge in [-0.05, 0) is 19.5 Å². The molecule has 1 fully saturated rings. The Bertz CT molecular complexity index is 711.